The number of fused-ring (bicyclic) bond motifs is 2. The molecule has 1 aromatic heterocycles. The summed E-state index contributed by atoms with van der Waals surface area (Å²) in [5.41, 5.74) is 2.45. The molecular formula is C28H32F5N5O5. The first kappa shape index (κ1) is 31.9. The quantitative estimate of drug-likeness (QED) is 0.412. The molecule has 234 valence electrons. The monoisotopic (exact) mass is 613 g/mol. The molecule has 0 bridgehead atoms. The average Bonchev–Trinajstić information content (AvgIpc) is 3.20. The van der Waals surface area contributed by atoms with Crippen LogP contribution in [0.15, 0.2) is 35.1 Å². The van der Waals surface area contributed by atoms with E-state index in [0.717, 1.165) is 11.0 Å². The lowest BCUT2D eigenvalue weighted by atomic mass is 9.85. The summed E-state index contributed by atoms with van der Waals surface area (Å²) in [6, 6.07) is 1.65. The second-order valence-corrected chi connectivity index (χ2v) is 12.6. The SMILES string of the molecule is CC(C)(C)[C@H](NC(=O)C(F)(F)F)C(=O)N1C[C@H]2[C@@H]([C@H]1C(=O)NC(C(N)=O)c1cc(=O)n(C(F)F)c3ccccc13)C2(C)C. The van der Waals surface area contributed by atoms with Gasteiger partial charge in [-0.1, -0.05) is 52.8 Å². The summed E-state index contributed by atoms with van der Waals surface area (Å²) in [6.07, 6.45) is -5.26. The number of hydrogen-bond donors (Lipinski definition) is 3. The van der Waals surface area contributed by atoms with Crippen LogP contribution in [0.25, 0.3) is 10.9 Å². The summed E-state index contributed by atoms with van der Waals surface area (Å²) in [5, 5.41) is 4.24. The van der Waals surface area contributed by atoms with Crippen molar-refractivity contribution < 1.29 is 41.1 Å². The lowest BCUT2D eigenvalue weighted by Gasteiger charge is -2.38. The van der Waals surface area contributed by atoms with E-state index in [1.807, 2.05) is 13.8 Å². The number of hydrogen-bond acceptors (Lipinski definition) is 5. The Kier molecular flexibility index (Phi) is 7.86. The van der Waals surface area contributed by atoms with Crippen molar-refractivity contribution in [3.05, 3.63) is 46.2 Å². The van der Waals surface area contributed by atoms with Gasteiger partial charge in [-0.3, -0.25) is 28.5 Å². The van der Waals surface area contributed by atoms with Gasteiger partial charge in [-0.2, -0.15) is 22.0 Å². The fourth-order valence-electron chi connectivity index (χ4n) is 6.14. The van der Waals surface area contributed by atoms with Crippen molar-refractivity contribution in [2.75, 3.05) is 6.54 Å². The van der Waals surface area contributed by atoms with Crippen LogP contribution in [0.2, 0.25) is 0 Å². The Morgan fingerprint density at radius 3 is 2.19 bits per heavy atom. The normalized spacial score (nSPS) is 22.6. The number of pyridine rings is 1. The van der Waals surface area contributed by atoms with Gasteiger partial charge in [0.1, 0.15) is 18.1 Å². The number of nitrogens with one attached hydrogen (secondary N) is 2. The van der Waals surface area contributed by atoms with Gasteiger partial charge in [-0.15, -0.1) is 0 Å². The molecule has 10 nitrogen and oxygen atoms in total. The Labute approximate surface area is 242 Å². The number of likely N-dealkylation sites (tertiary alicyclic amines) is 1. The van der Waals surface area contributed by atoms with Crippen molar-refractivity contribution in [1.82, 2.24) is 20.1 Å². The molecule has 1 aromatic carbocycles. The molecule has 2 fully saturated rings. The van der Waals surface area contributed by atoms with Crippen LogP contribution in [0, 0.1) is 22.7 Å². The van der Waals surface area contributed by atoms with E-state index in [-0.39, 0.29) is 33.5 Å². The highest BCUT2D eigenvalue weighted by Gasteiger charge is 2.70. The third-order valence-electron chi connectivity index (χ3n) is 8.47. The number of aromatic nitrogens is 1. The summed E-state index contributed by atoms with van der Waals surface area (Å²) >= 11 is 0. The summed E-state index contributed by atoms with van der Waals surface area (Å²) < 4.78 is 66.8. The van der Waals surface area contributed by atoms with Gasteiger partial charge in [0.15, 0.2) is 0 Å². The zero-order valence-electron chi connectivity index (χ0n) is 24.0. The molecule has 5 atom stereocenters. The van der Waals surface area contributed by atoms with E-state index in [9.17, 15) is 45.9 Å². The molecule has 1 saturated carbocycles. The van der Waals surface area contributed by atoms with Crippen LogP contribution in [0.1, 0.15) is 52.8 Å². The van der Waals surface area contributed by atoms with Crippen LogP contribution < -0.4 is 21.9 Å². The van der Waals surface area contributed by atoms with E-state index in [4.69, 9.17) is 5.73 Å². The molecule has 4 rings (SSSR count). The Morgan fingerprint density at radius 2 is 1.65 bits per heavy atom. The topological polar surface area (TPSA) is 144 Å². The van der Waals surface area contributed by atoms with Crippen molar-refractivity contribution in [2.45, 2.75) is 65.5 Å². The minimum atomic E-state index is -5.26. The van der Waals surface area contributed by atoms with Crippen LogP contribution in [-0.2, 0) is 19.2 Å². The number of rotatable bonds is 7. The smallest absolute Gasteiger partial charge is 0.368 e. The van der Waals surface area contributed by atoms with E-state index >= 15 is 0 Å². The predicted octanol–water partition coefficient (Wildman–Crippen LogP) is 2.62. The standard InChI is InChI=1S/C28H32F5N5O5/c1-26(2,3)20(36-24(43)28(31,32)33)23(42)37-11-14-17(27(14,4)5)19(37)22(41)35-18(21(34)40)13-10-16(39)38(25(29)30)15-9-7-6-8-12(13)15/h6-10,14,17-20,25H,11H2,1-5H3,(H2,34,40)(H,35,41)(H,36,43)/t14-,17-,18?,19-,20+/m0/s1. The highest BCUT2D eigenvalue weighted by molar-refractivity contribution is 5.98. The third kappa shape index (κ3) is 5.68. The number of carbonyl (C=O) groups is 4. The first-order chi connectivity index (χ1) is 19.7. The highest BCUT2D eigenvalue weighted by Crippen LogP contribution is 2.65. The Bertz CT molecular complexity index is 1550. The van der Waals surface area contributed by atoms with Crippen LogP contribution in [0.3, 0.4) is 0 Å². The van der Waals surface area contributed by atoms with Gasteiger partial charge in [0, 0.05) is 18.0 Å². The lowest BCUT2D eigenvalue weighted by molar-refractivity contribution is -0.176. The maximum absolute atomic E-state index is 13.8. The number of para-hydroxylation sites is 1. The van der Waals surface area contributed by atoms with E-state index in [0.29, 0.717) is 0 Å². The number of amides is 4. The first-order valence-electron chi connectivity index (χ1n) is 13.4. The lowest BCUT2D eigenvalue weighted by Crippen LogP contribution is -2.61. The zero-order valence-corrected chi connectivity index (χ0v) is 24.0. The number of halogens is 5. The highest BCUT2D eigenvalue weighted by atomic mass is 19.4. The van der Waals surface area contributed by atoms with Crippen molar-refractivity contribution in [3.63, 3.8) is 0 Å². The van der Waals surface area contributed by atoms with Crippen molar-refractivity contribution in [1.29, 1.82) is 0 Å². The van der Waals surface area contributed by atoms with E-state index in [2.05, 4.69) is 5.32 Å². The van der Waals surface area contributed by atoms with Gasteiger partial charge in [0.2, 0.25) is 17.7 Å². The molecule has 1 aliphatic carbocycles. The molecule has 1 unspecified atom stereocenters. The van der Waals surface area contributed by atoms with Gasteiger partial charge in [0.05, 0.1) is 5.52 Å². The van der Waals surface area contributed by atoms with Crippen LogP contribution in [0.4, 0.5) is 22.0 Å². The second-order valence-electron chi connectivity index (χ2n) is 12.6. The van der Waals surface area contributed by atoms with Gasteiger partial charge >= 0.3 is 18.6 Å². The predicted molar refractivity (Wildman–Crippen MR) is 143 cm³/mol. The Balaban J connectivity index is 1.72. The molecule has 0 radical (unpaired) electrons. The van der Waals surface area contributed by atoms with E-state index in [1.54, 1.807) is 5.32 Å². The van der Waals surface area contributed by atoms with Crippen LogP contribution in [-0.4, -0.2) is 57.9 Å². The number of alkyl halides is 5. The Hall–Kier alpha value is -4.04. The summed E-state index contributed by atoms with van der Waals surface area (Å²) in [4.78, 5) is 65.7. The average molecular weight is 614 g/mol. The number of benzene rings is 1. The van der Waals surface area contributed by atoms with Crippen molar-refractivity contribution >= 4 is 34.5 Å². The number of nitrogens with two attached hydrogens (primary N) is 1. The van der Waals surface area contributed by atoms with E-state index < -0.39 is 76.8 Å². The zero-order chi connectivity index (χ0) is 32.4. The molecule has 1 saturated heterocycles. The fourth-order valence-corrected chi connectivity index (χ4v) is 6.14. The largest absolute Gasteiger partial charge is 0.471 e. The molecule has 1 aliphatic heterocycles. The number of piperidine rings is 1. The molecule has 15 heteroatoms. The Morgan fingerprint density at radius 1 is 1.05 bits per heavy atom. The maximum Gasteiger partial charge on any atom is 0.471 e. The van der Waals surface area contributed by atoms with Crippen molar-refractivity contribution in [3.8, 4) is 0 Å². The van der Waals surface area contributed by atoms with Gasteiger partial charge in [0.25, 0.3) is 5.56 Å². The number of primary amides is 1. The van der Waals surface area contributed by atoms with Gasteiger partial charge in [-0.25, -0.2) is 0 Å². The minimum Gasteiger partial charge on any atom is -0.368 e. The maximum atomic E-state index is 13.8. The summed E-state index contributed by atoms with van der Waals surface area (Å²) in [6.45, 7) is 4.86. The molecule has 4 N–H and O–H groups in total. The third-order valence-corrected chi connectivity index (χ3v) is 8.47. The molecule has 43 heavy (non-hydrogen) atoms. The van der Waals surface area contributed by atoms with Gasteiger partial charge in [-0.05, 0) is 34.3 Å². The van der Waals surface area contributed by atoms with Crippen LogP contribution >= 0.6 is 0 Å². The minimum absolute atomic E-state index is 0.00232. The molecule has 4 amide bonds. The fraction of sp³-hybridized carbons (Fsp3) is 0.536. The number of carbonyl (C=O) groups excluding carboxylic acids is 4. The molecule has 2 heterocycles. The van der Waals surface area contributed by atoms with Gasteiger partial charge < -0.3 is 21.3 Å². The van der Waals surface area contributed by atoms with Crippen molar-refractivity contribution in [2.24, 2.45) is 28.4 Å². The number of nitrogens with zero attached hydrogens (tertiary/aromatic N) is 2. The molecule has 2 aliphatic rings. The summed E-state index contributed by atoms with van der Waals surface area (Å²) in [5.74, 6) is -5.91. The van der Waals surface area contributed by atoms with Crippen LogP contribution in [0.5, 0.6) is 0 Å². The second kappa shape index (κ2) is 10.6. The molecule has 0 spiro atoms. The molecular weight excluding hydrogens is 581 g/mol. The molecule has 2 aromatic rings. The first-order valence-corrected chi connectivity index (χ1v) is 13.4. The summed E-state index contributed by atoms with van der Waals surface area (Å²) in [7, 11) is 0. The van der Waals surface area contributed by atoms with E-state index in [1.165, 1.54) is 45.0 Å².